The molecule has 0 aromatic heterocycles. The molecule has 0 spiro atoms. The Labute approximate surface area is 124 Å². The fraction of sp³-hybridized carbons (Fsp3) is 0.941. The summed E-state index contributed by atoms with van der Waals surface area (Å²) in [5.41, 5.74) is -0.283. The van der Waals surface area contributed by atoms with E-state index in [4.69, 9.17) is 4.74 Å². The molecular formula is C17H31NO2. The second kappa shape index (κ2) is 6.57. The topological polar surface area (TPSA) is 29.5 Å². The summed E-state index contributed by atoms with van der Waals surface area (Å²) in [4.78, 5) is 15.5. The minimum Gasteiger partial charge on any atom is -0.379 e. The van der Waals surface area contributed by atoms with Crippen LogP contribution in [0, 0.1) is 17.8 Å². The van der Waals surface area contributed by atoms with Crippen molar-refractivity contribution in [2.24, 2.45) is 17.8 Å². The molecule has 1 heterocycles. The lowest BCUT2D eigenvalue weighted by Crippen LogP contribution is -2.58. The number of ether oxygens (including phenoxy) is 1. The largest absolute Gasteiger partial charge is 0.379 e. The van der Waals surface area contributed by atoms with Gasteiger partial charge in [0.25, 0.3) is 0 Å². The van der Waals surface area contributed by atoms with E-state index in [2.05, 4.69) is 32.6 Å². The number of hydrogen-bond acceptors (Lipinski definition) is 3. The Kier molecular flexibility index (Phi) is 5.25. The Morgan fingerprint density at radius 3 is 2.40 bits per heavy atom. The Balaban J connectivity index is 2.07. The lowest BCUT2D eigenvalue weighted by atomic mass is 9.70. The maximum absolute atomic E-state index is 13.1. The van der Waals surface area contributed by atoms with Crippen molar-refractivity contribution in [3.8, 4) is 0 Å². The first kappa shape index (κ1) is 16.0. The molecule has 4 unspecified atom stereocenters. The second-order valence-corrected chi connectivity index (χ2v) is 7.06. The summed E-state index contributed by atoms with van der Waals surface area (Å²) >= 11 is 0. The van der Waals surface area contributed by atoms with Crippen molar-refractivity contribution in [2.45, 2.75) is 58.9 Å². The highest BCUT2D eigenvalue weighted by atomic mass is 16.5. The van der Waals surface area contributed by atoms with Gasteiger partial charge in [-0.05, 0) is 44.4 Å². The standard InChI is InChI=1S/C17H31NO2/c1-5-17(4,18-8-10-20-11-9-18)16(19)15-7-6-13(2)14(3)12-15/h13-15H,5-12H2,1-4H3. The van der Waals surface area contributed by atoms with Gasteiger partial charge in [0, 0.05) is 19.0 Å². The first-order chi connectivity index (χ1) is 9.49. The van der Waals surface area contributed by atoms with Crippen LogP contribution in [-0.4, -0.2) is 42.5 Å². The zero-order valence-corrected chi connectivity index (χ0v) is 13.7. The van der Waals surface area contributed by atoms with Gasteiger partial charge < -0.3 is 4.74 Å². The number of nitrogens with zero attached hydrogens (tertiary/aromatic N) is 1. The Morgan fingerprint density at radius 2 is 1.85 bits per heavy atom. The third-order valence-electron chi connectivity index (χ3n) is 5.90. The van der Waals surface area contributed by atoms with E-state index in [-0.39, 0.29) is 11.5 Å². The van der Waals surface area contributed by atoms with Crippen LogP contribution in [0.3, 0.4) is 0 Å². The second-order valence-electron chi connectivity index (χ2n) is 7.06. The number of carbonyl (C=O) groups is 1. The van der Waals surface area contributed by atoms with Crippen LogP contribution in [0.25, 0.3) is 0 Å². The quantitative estimate of drug-likeness (QED) is 0.793. The molecule has 1 aliphatic carbocycles. The van der Waals surface area contributed by atoms with Gasteiger partial charge in [0.1, 0.15) is 0 Å². The number of morpholine rings is 1. The van der Waals surface area contributed by atoms with Gasteiger partial charge in [-0.1, -0.05) is 20.8 Å². The molecule has 0 bridgehead atoms. The van der Waals surface area contributed by atoms with Gasteiger partial charge in [-0.2, -0.15) is 0 Å². The van der Waals surface area contributed by atoms with Crippen LogP contribution in [0.1, 0.15) is 53.4 Å². The molecular weight excluding hydrogens is 250 g/mol. The fourth-order valence-corrected chi connectivity index (χ4v) is 3.84. The summed E-state index contributed by atoms with van der Waals surface area (Å²) in [5, 5.41) is 0. The molecule has 116 valence electrons. The number of carbonyl (C=O) groups excluding carboxylic acids is 1. The van der Waals surface area contributed by atoms with Gasteiger partial charge in [-0.3, -0.25) is 9.69 Å². The summed E-state index contributed by atoms with van der Waals surface area (Å²) < 4.78 is 5.44. The van der Waals surface area contributed by atoms with Crippen LogP contribution in [-0.2, 0) is 9.53 Å². The predicted octanol–water partition coefficient (Wildman–Crippen LogP) is 3.13. The molecule has 3 nitrogen and oxygen atoms in total. The van der Waals surface area contributed by atoms with Crippen LogP contribution >= 0.6 is 0 Å². The van der Waals surface area contributed by atoms with Crippen molar-refractivity contribution in [3.05, 3.63) is 0 Å². The summed E-state index contributed by atoms with van der Waals surface area (Å²) in [6.07, 6.45) is 4.29. The average Bonchev–Trinajstić information content (AvgIpc) is 2.49. The molecule has 4 atom stereocenters. The molecule has 0 aromatic rings. The first-order valence-corrected chi connectivity index (χ1v) is 8.36. The molecule has 3 heteroatoms. The molecule has 0 aromatic carbocycles. The fourth-order valence-electron chi connectivity index (χ4n) is 3.84. The van der Waals surface area contributed by atoms with E-state index in [1.54, 1.807) is 0 Å². The third kappa shape index (κ3) is 3.09. The van der Waals surface area contributed by atoms with Gasteiger partial charge in [-0.15, -0.1) is 0 Å². The zero-order valence-electron chi connectivity index (χ0n) is 13.7. The highest BCUT2D eigenvalue weighted by Gasteiger charge is 2.43. The van der Waals surface area contributed by atoms with Gasteiger partial charge in [0.2, 0.25) is 0 Å². The number of rotatable bonds is 4. The van der Waals surface area contributed by atoms with E-state index in [1.165, 1.54) is 6.42 Å². The number of hydrogen-bond donors (Lipinski definition) is 0. The molecule has 1 saturated heterocycles. The monoisotopic (exact) mass is 281 g/mol. The van der Waals surface area contributed by atoms with Crippen molar-refractivity contribution in [1.82, 2.24) is 4.90 Å². The van der Waals surface area contributed by atoms with Crippen molar-refractivity contribution < 1.29 is 9.53 Å². The van der Waals surface area contributed by atoms with Gasteiger partial charge in [0.15, 0.2) is 5.78 Å². The molecule has 0 radical (unpaired) electrons. The molecule has 1 saturated carbocycles. The van der Waals surface area contributed by atoms with Gasteiger partial charge in [0.05, 0.1) is 18.8 Å². The van der Waals surface area contributed by atoms with E-state index >= 15 is 0 Å². The van der Waals surface area contributed by atoms with Gasteiger partial charge >= 0.3 is 0 Å². The lowest BCUT2D eigenvalue weighted by Gasteiger charge is -2.44. The first-order valence-electron chi connectivity index (χ1n) is 8.36. The van der Waals surface area contributed by atoms with E-state index in [1.807, 2.05) is 0 Å². The van der Waals surface area contributed by atoms with E-state index < -0.39 is 0 Å². The summed E-state index contributed by atoms with van der Waals surface area (Å²) in [6, 6.07) is 0. The van der Waals surface area contributed by atoms with Gasteiger partial charge in [-0.25, -0.2) is 0 Å². The lowest BCUT2D eigenvalue weighted by molar-refractivity contribution is -0.140. The minimum absolute atomic E-state index is 0.272. The van der Waals surface area contributed by atoms with Crippen LogP contribution in [0.15, 0.2) is 0 Å². The molecule has 2 aliphatic rings. The summed E-state index contributed by atoms with van der Waals surface area (Å²) in [5.74, 6) is 2.22. The van der Waals surface area contributed by atoms with Crippen molar-refractivity contribution in [2.75, 3.05) is 26.3 Å². The Hall–Kier alpha value is -0.410. The summed E-state index contributed by atoms with van der Waals surface area (Å²) in [7, 11) is 0. The smallest absolute Gasteiger partial charge is 0.155 e. The summed E-state index contributed by atoms with van der Waals surface area (Å²) in [6.45, 7) is 12.3. The maximum atomic E-state index is 13.1. The van der Waals surface area contributed by atoms with Crippen LogP contribution < -0.4 is 0 Å². The SMILES string of the molecule is CCC(C)(C(=O)C1CCC(C)C(C)C1)N1CCOCC1. The molecule has 1 aliphatic heterocycles. The zero-order chi connectivity index (χ0) is 14.8. The molecule has 20 heavy (non-hydrogen) atoms. The molecule has 2 fully saturated rings. The normalized spacial score (nSPS) is 35.5. The van der Waals surface area contributed by atoms with Crippen molar-refractivity contribution in [3.63, 3.8) is 0 Å². The van der Waals surface area contributed by atoms with E-state index in [0.29, 0.717) is 11.7 Å². The highest BCUT2D eigenvalue weighted by molar-refractivity contribution is 5.90. The maximum Gasteiger partial charge on any atom is 0.155 e. The molecule has 0 amide bonds. The Morgan fingerprint density at radius 1 is 1.20 bits per heavy atom. The van der Waals surface area contributed by atoms with Crippen LogP contribution in [0.4, 0.5) is 0 Å². The number of Topliss-reactive ketones (excluding diaryl/α,β-unsaturated/α-hetero) is 1. The van der Waals surface area contributed by atoms with Crippen LogP contribution in [0.5, 0.6) is 0 Å². The highest BCUT2D eigenvalue weighted by Crippen LogP contribution is 2.37. The predicted molar refractivity (Wildman–Crippen MR) is 81.8 cm³/mol. The third-order valence-corrected chi connectivity index (χ3v) is 5.90. The van der Waals surface area contributed by atoms with Crippen LogP contribution in [0.2, 0.25) is 0 Å². The average molecular weight is 281 g/mol. The molecule has 0 N–H and O–H groups in total. The van der Waals surface area contributed by atoms with Crippen molar-refractivity contribution in [1.29, 1.82) is 0 Å². The molecule has 2 rings (SSSR count). The Bertz CT molecular complexity index is 338. The van der Waals surface area contributed by atoms with Crippen molar-refractivity contribution >= 4 is 5.78 Å². The van der Waals surface area contributed by atoms with E-state index in [9.17, 15) is 4.79 Å². The van der Waals surface area contributed by atoms with E-state index in [0.717, 1.165) is 51.5 Å². The minimum atomic E-state index is -0.283. The number of ketones is 1.